The number of alkyl halides is 3. The zero-order chi connectivity index (χ0) is 21.3. The first kappa shape index (κ1) is 20.1. The van der Waals surface area contributed by atoms with E-state index in [9.17, 15) is 18.0 Å². The van der Waals surface area contributed by atoms with Gasteiger partial charge in [-0.3, -0.25) is 4.79 Å². The van der Waals surface area contributed by atoms with Crippen LogP contribution >= 0.6 is 15.9 Å². The Balaban J connectivity index is 1.73. The summed E-state index contributed by atoms with van der Waals surface area (Å²) in [5.41, 5.74) is 0.0570. The fourth-order valence-corrected chi connectivity index (χ4v) is 3.40. The molecule has 0 aliphatic rings. The van der Waals surface area contributed by atoms with Gasteiger partial charge in [-0.15, -0.1) is 0 Å². The fraction of sp³-hybridized carbons (Fsp3) is 0.0952. The fourth-order valence-electron chi connectivity index (χ4n) is 2.99. The Morgan fingerprint density at radius 3 is 2.60 bits per heavy atom. The molecule has 4 aromatic rings. The summed E-state index contributed by atoms with van der Waals surface area (Å²) in [5, 5.41) is 0.228. The molecule has 2 aromatic heterocycles. The van der Waals surface area contributed by atoms with Gasteiger partial charge in [-0.25, -0.2) is 4.98 Å². The van der Waals surface area contributed by atoms with Crippen LogP contribution in [0.4, 0.5) is 13.2 Å². The monoisotopic (exact) mass is 475 g/mol. The van der Waals surface area contributed by atoms with Crippen molar-refractivity contribution in [2.24, 2.45) is 0 Å². The van der Waals surface area contributed by atoms with Gasteiger partial charge >= 0.3 is 6.18 Å². The van der Waals surface area contributed by atoms with Crippen LogP contribution in [-0.4, -0.2) is 14.5 Å². The van der Waals surface area contributed by atoms with E-state index < -0.39 is 23.2 Å². The second-order valence-corrected chi connectivity index (χ2v) is 7.26. The molecule has 152 valence electrons. The van der Waals surface area contributed by atoms with Crippen molar-refractivity contribution in [3.63, 3.8) is 0 Å². The summed E-state index contributed by atoms with van der Waals surface area (Å²) in [6.07, 6.45) is -1.97. The van der Waals surface area contributed by atoms with Gasteiger partial charge in [0.25, 0.3) is 5.56 Å². The van der Waals surface area contributed by atoms with Gasteiger partial charge in [0.2, 0.25) is 5.88 Å². The number of rotatable bonds is 4. The Morgan fingerprint density at radius 1 is 1.03 bits per heavy atom. The van der Waals surface area contributed by atoms with Gasteiger partial charge in [0, 0.05) is 10.7 Å². The van der Waals surface area contributed by atoms with Gasteiger partial charge in [0.1, 0.15) is 11.3 Å². The number of ether oxygens (including phenoxy) is 1. The Bertz CT molecular complexity index is 1290. The van der Waals surface area contributed by atoms with E-state index in [2.05, 4.69) is 25.9 Å². The van der Waals surface area contributed by atoms with Crippen molar-refractivity contribution in [3.05, 3.63) is 93.1 Å². The first-order valence-electron chi connectivity index (χ1n) is 8.75. The van der Waals surface area contributed by atoms with E-state index in [0.717, 1.165) is 16.1 Å². The molecule has 5 nitrogen and oxygen atoms in total. The quantitative estimate of drug-likeness (QED) is 0.395. The van der Waals surface area contributed by atoms with Gasteiger partial charge in [-0.05, 0) is 42.0 Å². The number of halogens is 4. The van der Waals surface area contributed by atoms with Crippen LogP contribution in [0, 0.1) is 0 Å². The summed E-state index contributed by atoms with van der Waals surface area (Å²) in [7, 11) is 0. The zero-order valence-electron chi connectivity index (χ0n) is 15.2. The number of hydrogen-bond acceptors (Lipinski definition) is 4. The largest absolute Gasteiger partial charge is 0.438 e. The SMILES string of the molecule is O=c1ncn(Cc2ccccc2Br)c2ccc(Oc3ncccc3C(F)(F)F)cc12. The van der Waals surface area contributed by atoms with Gasteiger partial charge < -0.3 is 9.30 Å². The second-order valence-electron chi connectivity index (χ2n) is 6.40. The van der Waals surface area contributed by atoms with E-state index in [-0.39, 0.29) is 11.1 Å². The zero-order valence-corrected chi connectivity index (χ0v) is 16.8. The first-order chi connectivity index (χ1) is 14.3. The van der Waals surface area contributed by atoms with E-state index >= 15 is 0 Å². The van der Waals surface area contributed by atoms with E-state index in [0.29, 0.717) is 12.1 Å². The van der Waals surface area contributed by atoms with Gasteiger partial charge in [-0.2, -0.15) is 18.2 Å². The van der Waals surface area contributed by atoms with Gasteiger partial charge in [-0.1, -0.05) is 34.1 Å². The summed E-state index contributed by atoms with van der Waals surface area (Å²) in [5.74, 6) is -0.522. The Morgan fingerprint density at radius 2 is 1.83 bits per heavy atom. The lowest BCUT2D eigenvalue weighted by atomic mass is 10.2. The molecule has 0 N–H and O–H groups in total. The number of pyridine rings is 1. The summed E-state index contributed by atoms with van der Waals surface area (Å²) < 4.78 is 47.6. The van der Waals surface area contributed by atoms with Crippen molar-refractivity contribution in [2.45, 2.75) is 12.7 Å². The molecule has 0 aliphatic carbocycles. The Kier molecular flexibility index (Phi) is 5.29. The van der Waals surface area contributed by atoms with Crippen molar-refractivity contribution < 1.29 is 17.9 Å². The van der Waals surface area contributed by atoms with E-state index in [4.69, 9.17) is 4.74 Å². The minimum absolute atomic E-state index is 0.0595. The van der Waals surface area contributed by atoms with Gasteiger partial charge in [0.05, 0.1) is 23.8 Å². The van der Waals surface area contributed by atoms with Crippen LogP contribution in [0.5, 0.6) is 11.6 Å². The molecule has 0 saturated heterocycles. The minimum Gasteiger partial charge on any atom is -0.438 e. The molecule has 2 aromatic carbocycles. The molecule has 9 heteroatoms. The summed E-state index contributed by atoms with van der Waals surface area (Å²) in [6.45, 7) is 0.448. The molecule has 0 amide bonds. The van der Waals surface area contributed by atoms with Crippen LogP contribution in [0.3, 0.4) is 0 Å². The highest BCUT2D eigenvalue weighted by atomic mass is 79.9. The van der Waals surface area contributed by atoms with E-state index in [1.807, 2.05) is 24.3 Å². The van der Waals surface area contributed by atoms with Crippen molar-refractivity contribution in [1.29, 1.82) is 0 Å². The predicted octanol–water partition coefficient (Wildman–Crippen LogP) is 5.41. The smallest absolute Gasteiger partial charge is 0.421 e. The number of fused-ring (bicyclic) bond motifs is 1. The summed E-state index contributed by atoms with van der Waals surface area (Å²) >= 11 is 3.49. The van der Waals surface area contributed by atoms with Crippen LogP contribution < -0.4 is 10.3 Å². The molecule has 0 fully saturated rings. The lowest BCUT2D eigenvalue weighted by molar-refractivity contribution is -0.138. The summed E-state index contributed by atoms with van der Waals surface area (Å²) in [4.78, 5) is 19.9. The molecule has 30 heavy (non-hydrogen) atoms. The first-order valence-corrected chi connectivity index (χ1v) is 9.55. The lowest BCUT2D eigenvalue weighted by Crippen LogP contribution is -2.13. The van der Waals surface area contributed by atoms with Crippen molar-refractivity contribution in [2.75, 3.05) is 0 Å². The van der Waals surface area contributed by atoms with Crippen LogP contribution in [0.1, 0.15) is 11.1 Å². The molecule has 4 rings (SSSR count). The molecule has 0 atom stereocenters. The average molecular weight is 476 g/mol. The van der Waals surface area contributed by atoms with Crippen molar-refractivity contribution in [3.8, 4) is 11.6 Å². The minimum atomic E-state index is -4.61. The number of nitrogens with zero attached hydrogens (tertiary/aromatic N) is 3. The maximum atomic E-state index is 13.2. The van der Waals surface area contributed by atoms with Crippen LogP contribution in [0.2, 0.25) is 0 Å². The normalized spacial score (nSPS) is 11.6. The van der Waals surface area contributed by atoms with Crippen molar-refractivity contribution in [1.82, 2.24) is 14.5 Å². The highest BCUT2D eigenvalue weighted by Crippen LogP contribution is 2.36. The lowest BCUT2D eigenvalue weighted by Gasteiger charge is -2.14. The molecular weight excluding hydrogens is 463 g/mol. The highest BCUT2D eigenvalue weighted by Gasteiger charge is 2.35. The van der Waals surface area contributed by atoms with Crippen LogP contribution in [-0.2, 0) is 12.7 Å². The van der Waals surface area contributed by atoms with Gasteiger partial charge in [0.15, 0.2) is 0 Å². The third-order valence-corrected chi connectivity index (χ3v) is 5.19. The third-order valence-electron chi connectivity index (χ3n) is 4.41. The summed E-state index contributed by atoms with van der Waals surface area (Å²) in [6, 6.07) is 14.2. The molecule has 0 radical (unpaired) electrons. The predicted molar refractivity (Wildman–Crippen MR) is 109 cm³/mol. The Hall–Kier alpha value is -3.20. The number of benzene rings is 2. The topological polar surface area (TPSA) is 57.0 Å². The molecule has 0 aliphatic heterocycles. The standard InChI is InChI=1S/C21H13BrF3N3O2/c22-17-6-2-1-4-13(17)11-28-12-27-19(29)15-10-14(7-8-18(15)28)30-20-16(21(23,24)25)5-3-9-26-20/h1-10,12H,11H2. The average Bonchev–Trinajstić information content (AvgIpc) is 2.71. The number of hydrogen-bond donors (Lipinski definition) is 0. The van der Waals surface area contributed by atoms with Crippen LogP contribution in [0.25, 0.3) is 10.9 Å². The molecule has 2 heterocycles. The molecule has 0 bridgehead atoms. The van der Waals surface area contributed by atoms with E-state index in [1.165, 1.54) is 30.7 Å². The maximum absolute atomic E-state index is 13.2. The molecule has 0 saturated carbocycles. The molecule has 0 spiro atoms. The molecule has 0 unspecified atom stereocenters. The Labute approximate surface area is 176 Å². The van der Waals surface area contributed by atoms with Crippen LogP contribution in [0.15, 0.2) is 76.4 Å². The number of aromatic nitrogens is 3. The van der Waals surface area contributed by atoms with E-state index in [1.54, 1.807) is 10.6 Å². The third kappa shape index (κ3) is 4.06. The highest BCUT2D eigenvalue weighted by molar-refractivity contribution is 9.10. The van der Waals surface area contributed by atoms with Crippen molar-refractivity contribution >= 4 is 26.8 Å². The second kappa shape index (κ2) is 7.91. The maximum Gasteiger partial charge on any atom is 0.421 e. The molecular formula is C21H13BrF3N3O2.